The number of ketones is 1. The zero-order valence-corrected chi connectivity index (χ0v) is 7.79. The summed E-state index contributed by atoms with van der Waals surface area (Å²) in [6.45, 7) is 1.55. The second-order valence-corrected chi connectivity index (χ2v) is 2.55. The summed E-state index contributed by atoms with van der Waals surface area (Å²) in [5.74, 6) is -4.78. The van der Waals surface area contributed by atoms with Gasteiger partial charge in [0.05, 0.1) is 12.2 Å². The number of hydrogen-bond donors (Lipinski definition) is 0. The Labute approximate surface area is 83.9 Å². The molecule has 0 aromatic carbocycles. The molecule has 1 aromatic heterocycles. The molecular formula is C9H7F2NO3. The number of halogens is 2. The average molecular weight is 215 g/mol. The van der Waals surface area contributed by atoms with Gasteiger partial charge in [-0.2, -0.15) is 4.39 Å². The van der Waals surface area contributed by atoms with Crippen molar-refractivity contribution < 1.29 is 23.1 Å². The van der Waals surface area contributed by atoms with Crippen molar-refractivity contribution in [2.75, 3.05) is 6.61 Å². The van der Waals surface area contributed by atoms with E-state index in [0.29, 0.717) is 6.07 Å². The van der Waals surface area contributed by atoms with Gasteiger partial charge >= 0.3 is 5.97 Å². The van der Waals surface area contributed by atoms with Crippen LogP contribution in [0.4, 0.5) is 8.78 Å². The molecule has 0 radical (unpaired) electrons. The number of ether oxygens (including phenoxy) is 1. The summed E-state index contributed by atoms with van der Waals surface area (Å²) in [6.07, 6.45) is 0.775. The van der Waals surface area contributed by atoms with E-state index in [9.17, 15) is 18.4 Å². The molecule has 0 aliphatic heterocycles. The standard InChI is InChI=1S/C9H7F2NO3/c1-2-15-9(14)7(13)5-3-6(10)8(11)12-4-5/h3-4H,2H2,1H3. The molecule has 1 rings (SSSR count). The molecule has 0 saturated carbocycles. The highest BCUT2D eigenvalue weighted by Crippen LogP contribution is 2.06. The third kappa shape index (κ3) is 2.55. The zero-order chi connectivity index (χ0) is 11.4. The third-order valence-electron chi connectivity index (χ3n) is 1.52. The molecule has 0 aliphatic rings. The van der Waals surface area contributed by atoms with Crippen molar-refractivity contribution in [3.8, 4) is 0 Å². The van der Waals surface area contributed by atoms with E-state index in [4.69, 9.17) is 0 Å². The van der Waals surface area contributed by atoms with Crippen LogP contribution >= 0.6 is 0 Å². The van der Waals surface area contributed by atoms with Crippen LogP contribution in [-0.2, 0) is 9.53 Å². The minimum atomic E-state index is -1.32. The molecule has 4 nitrogen and oxygen atoms in total. The van der Waals surface area contributed by atoms with Crippen LogP contribution in [0.15, 0.2) is 12.3 Å². The highest BCUT2D eigenvalue weighted by atomic mass is 19.2. The topological polar surface area (TPSA) is 56.3 Å². The fourth-order valence-electron chi connectivity index (χ4n) is 0.860. The van der Waals surface area contributed by atoms with Gasteiger partial charge in [-0.3, -0.25) is 4.79 Å². The lowest BCUT2D eigenvalue weighted by Crippen LogP contribution is -2.18. The molecule has 0 unspecified atom stereocenters. The van der Waals surface area contributed by atoms with Gasteiger partial charge in [0.1, 0.15) is 0 Å². The van der Waals surface area contributed by atoms with Crippen LogP contribution in [-0.4, -0.2) is 23.3 Å². The maximum Gasteiger partial charge on any atom is 0.379 e. The summed E-state index contributed by atoms with van der Waals surface area (Å²) in [6, 6.07) is 0.599. The summed E-state index contributed by atoms with van der Waals surface area (Å²) < 4.78 is 29.4. The van der Waals surface area contributed by atoms with E-state index in [2.05, 4.69) is 9.72 Å². The molecule has 0 spiro atoms. The molecule has 15 heavy (non-hydrogen) atoms. The summed E-state index contributed by atoms with van der Waals surface area (Å²) in [4.78, 5) is 25.1. The molecular weight excluding hydrogens is 208 g/mol. The Hall–Kier alpha value is -1.85. The van der Waals surface area contributed by atoms with Crippen LogP contribution < -0.4 is 0 Å². The van der Waals surface area contributed by atoms with Crippen molar-refractivity contribution in [1.82, 2.24) is 4.98 Å². The van der Waals surface area contributed by atoms with Crippen molar-refractivity contribution in [2.45, 2.75) is 6.92 Å². The minimum absolute atomic E-state index is 0.0294. The number of Topliss-reactive ketones (excluding diaryl/α,β-unsaturated/α-hetero) is 1. The van der Waals surface area contributed by atoms with Crippen molar-refractivity contribution in [2.24, 2.45) is 0 Å². The van der Waals surface area contributed by atoms with Crippen LogP contribution in [0.25, 0.3) is 0 Å². The molecule has 1 heterocycles. The molecule has 0 N–H and O–H groups in total. The Morgan fingerprint density at radius 2 is 2.13 bits per heavy atom. The van der Waals surface area contributed by atoms with Gasteiger partial charge in [-0.25, -0.2) is 14.2 Å². The fraction of sp³-hybridized carbons (Fsp3) is 0.222. The first-order valence-corrected chi connectivity index (χ1v) is 4.08. The van der Waals surface area contributed by atoms with E-state index in [1.165, 1.54) is 6.92 Å². The van der Waals surface area contributed by atoms with E-state index in [1.807, 2.05) is 0 Å². The first-order chi connectivity index (χ1) is 7.06. The smallest absolute Gasteiger partial charge is 0.379 e. The third-order valence-corrected chi connectivity index (χ3v) is 1.52. The molecule has 0 bridgehead atoms. The number of rotatable bonds is 3. The summed E-state index contributed by atoms with van der Waals surface area (Å²) in [5.41, 5.74) is -0.340. The predicted octanol–water partition coefficient (Wildman–Crippen LogP) is 1.11. The molecule has 0 saturated heterocycles. The van der Waals surface area contributed by atoms with Crippen molar-refractivity contribution in [3.05, 3.63) is 29.6 Å². The molecule has 1 aromatic rings. The van der Waals surface area contributed by atoms with Gasteiger partial charge in [0, 0.05) is 6.20 Å². The number of nitrogens with zero attached hydrogens (tertiary/aromatic N) is 1. The van der Waals surface area contributed by atoms with Gasteiger partial charge in [-0.1, -0.05) is 0 Å². The highest BCUT2D eigenvalue weighted by Gasteiger charge is 2.19. The van der Waals surface area contributed by atoms with Crippen molar-refractivity contribution in [3.63, 3.8) is 0 Å². The number of carbonyl (C=O) groups is 2. The van der Waals surface area contributed by atoms with Crippen molar-refractivity contribution >= 4 is 11.8 Å². The van der Waals surface area contributed by atoms with Gasteiger partial charge in [-0.05, 0) is 13.0 Å². The molecule has 0 aliphatic carbocycles. The second-order valence-electron chi connectivity index (χ2n) is 2.55. The maximum atomic E-state index is 12.6. The number of carbonyl (C=O) groups excluding carboxylic acids is 2. The Kier molecular flexibility index (Phi) is 3.43. The Balaban J connectivity index is 2.92. The molecule has 6 heteroatoms. The molecule has 0 fully saturated rings. The van der Waals surface area contributed by atoms with E-state index in [1.54, 1.807) is 0 Å². The van der Waals surface area contributed by atoms with Gasteiger partial charge in [0.15, 0.2) is 5.82 Å². The summed E-state index contributed by atoms with van der Waals surface area (Å²) >= 11 is 0. The Morgan fingerprint density at radius 3 is 2.67 bits per heavy atom. The SMILES string of the molecule is CCOC(=O)C(=O)c1cnc(F)c(F)c1. The van der Waals surface area contributed by atoms with Crippen LogP contribution in [0.5, 0.6) is 0 Å². The van der Waals surface area contributed by atoms with E-state index in [-0.39, 0.29) is 12.2 Å². The summed E-state index contributed by atoms with van der Waals surface area (Å²) in [7, 11) is 0. The number of esters is 1. The molecule has 0 atom stereocenters. The van der Waals surface area contributed by atoms with E-state index < -0.39 is 23.5 Å². The van der Waals surface area contributed by atoms with Gasteiger partial charge in [-0.15, -0.1) is 0 Å². The zero-order valence-electron chi connectivity index (χ0n) is 7.79. The molecule has 80 valence electrons. The summed E-state index contributed by atoms with van der Waals surface area (Å²) in [5, 5.41) is 0. The van der Waals surface area contributed by atoms with Crippen LogP contribution in [0.3, 0.4) is 0 Å². The van der Waals surface area contributed by atoms with Crippen LogP contribution in [0, 0.1) is 11.8 Å². The second kappa shape index (κ2) is 4.59. The normalized spacial score (nSPS) is 9.80. The number of hydrogen-bond acceptors (Lipinski definition) is 4. The lowest BCUT2D eigenvalue weighted by Gasteiger charge is -2.00. The first-order valence-electron chi connectivity index (χ1n) is 4.08. The van der Waals surface area contributed by atoms with Crippen LogP contribution in [0.2, 0.25) is 0 Å². The Bertz CT molecular complexity index is 406. The average Bonchev–Trinajstić information content (AvgIpc) is 2.21. The number of pyridine rings is 1. The highest BCUT2D eigenvalue weighted by molar-refractivity contribution is 6.40. The van der Waals surface area contributed by atoms with Gasteiger partial charge in [0.25, 0.3) is 5.78 Å². The first kappa shape index (κ1) is 11.2. The predicted molar refractivity (Wildman–Crippen MR) is 45.1 cm³/mol. The largest absolute Gasteiger partial charge is 0.460 e. The lowest BCUT2D eigenvalue weighted by molar-refractivity contribution is -0.137. The Morgan fingerprint density at radius 1 is 1.47 bits per heavy atom. The monoisotopic (exact) mass is 215 g/mol. The quantitative estimate of drug-likeness (QED) is 0.328. The van der Waals surface area contributed by atoms with E-state index >= 15 is 0 Å². The van der Waals surface area contributed by atoms with E-state index in [0.717, 1.165) is 6.20 Å². The van der Waals surface area contributed by atoms with Crippen LogP contribution in [0.1, 0.15) is 17.3 Å². The minimum Gasteiger partial charge on any atom is -0.460 e. The van der Waals surface area contributed by atoms with Crippen molar-refractivity contribution in [1.29, 1.82) is 0 Å². The van der Waals surface area contributed by atoms with Gasteiger partial charge < -0.3 is 4.74 Å². The molecule has 0 amide bonds. The maximum absolute atomic E-state index is 12.6. The number of aromatic nitrogens is 1. The lowest BCUT2D eigenvalue weighted by atomic mass is 10.2. The van der Waals surface area contributed by atoms with Gasteiger partial charge in [0.2, 0.25) is 5.95 Å². The fourth-order valence-corrected chi connectivity index (χ4v) is 0.860.